The zero-order valence-corrected chi connectivity index (χ0v) is 19.9. The first-order chi connectivity index (χ1) is 16.9. The lowest BCUT2D eigenvalue weighted by Crippen LogP contribution is -2.30. The molecule has 2 fully saturated rings. The monoisotopic (exact) mass is 482 g/mol. The second-order valence-corrected chi connectivity index (χ2v) is 9.55. The van der Waals surface area contributed by atoms with Gasteiger partial charge in [-0.15, -0.1) is 0 Å². The molecule has 2 aromatic carbocycles. The standard InChI is InChI=1S/C30H30F4O/c1-3-5-19-6-7-23-18-24(11-10-22(23)17-19)25-14-12-20(27(31)29(25)33)8-9-21-13-15-26(35-16-4-2)30(34)28(21)32/h3-5,12-15,19,22-24H,2,6-7,10-11,16-18H2,1H3/b5-3+. The van der Waals surface area contributed by atoms with Crippen molar-refractivity contribution in [1.29, 1.82) is 0 Å². The third-order valence-corrected chi connectivity index (χ3v) is 7.41. The second-order valence-electron chi connectivity index (χ2n) is 9.55. The fourth-order valence-corrected chi connectivity index (χ4v) is 5.65. The van der Waals surface area contributed by atoms with E-state index in [2.05, 4.69) is 37.5 Å². The van der Waals surface area contributed by atoms with E-state index in [-0.39, 0.29) is 29.4 Å². The molecule has 0 saturated heterocycles. The lowest BCUT2D eigenvalue weighted by Gasteiger charge is -2.41. The Balaban J connectivity index is 1.50. The molecule has 4 rings (SSSR count). The van der Waals surface area contributed by atoms with Crippen molar-refractivity contribution in [3.8, 4) is 17.6 Å². The Morgan fingerprint density at radius 1 is 0.857 bits per heavy atom. The molecule has 4 unspecified atom stereocenters. The van der Waals surface area contributed by atoms with Gasteiger partial charge in [-0.1, -0.05) is 42.7 Å². The van der Waals surface area contributed by atoms with Gasteiger partial charge in [0.15, 0.2) is 23.2 Å². The van der Waals surface area contributed by atoms with E-state index < -0.39 is 23.3 Å². The summed E-state index contributed by atoms with van der Waals surface area (Å²) < 4.78 is 63.5. The van der Waals surface area contributed by atoms with Gasteiger partial charge in [-0.2, -0.15) is 4.39 Å². The van der Waals surface area contributed by atoms with E-state index in [1.54, 1.807) is 6.07 Å². The van der Waals surface area contributed by atoms with Crippen molar-refractivity contribution in [2.45, 2.75) is 51.4 Å². The molecular formula is C30H30F4O. The Morgan fingerprint density at radius 2 is 1.51 bits per heavy atom. The average Bonchev–Trinajstić information content (AvgIpc) is 2.86. The van der Waals surface area contributed by atoms with Crippen molar-refractivity contribution in [2.24, 2.45) is 17.8 Å². The molecule has 0 N–H and O–H groups in total. The Bertz CT molecular complexity index is 1170. The molecule has 0 heterocycles. The summed E-state index contributed by atoms with van der Waals surface area (Å²) in [6.07, 6.45) is 12.0. The molecule has 2 aromatic rings. The minimum Gasteiger partial charge on any atom is -0.486 e. The molecule has 1 nitrogen and oxygen atoms in total. The quantitative estimate of drug-likeness (QED) is 0.238. The van der Waals surface area contributed by atoms with Gasteiger partial charge in [-0.05, 0) is 92.9 Å². The number of halogens is 4. The maximum Gasteiger partial charge on any atom is 0.201 e. The Kier molecular flexibility index (Phi) is 8.00. The highest BCUT2D eigenvalue weighted by atomic mass is 19.2. The Hall–Kier alpha value is -3.00. The van der Waals surface area contributed by atoms with Gasteiger partial charge >= 0.3 is 0 Å². The van der Waals surface area contributed by atoms with Gasteiger partial charge in [-0.25, -0.2) is 13.2 Å². The summed E-state index contributed by atoms with van der Waals surface area (Å²) in [4.78, 5) is 0. The zero-order chi connectivity index (χ0) is 24.9. The minimum absolute atomic E-state index is 0.0133. The predicted molar refractivity (Wildman–Crippen MR) is 130 cm³/mol. The molecule has 0 bridgehead atoms. The van der Waals surface area contributed by atoms with Crippen LogP contribution in [0.3, 0.4) is 0 Å². The molecule has 35 heavy (non-hydrogen) atoms. The molecule has 2 aliphatic rings. The van der Waals surface area contributed by atoms with E-state index in [0.29, 0.717) is 23.3 Å². The molecule has 0 radical (unpaired) electrons. The first-order valence-electron chi connectivity index (χ1n) is 12.3. The Labute approximate surface area is 204 Å². The van der Waals surface area contributed by atoms with Gasteiger partial charge in [0, 0.05) is 0 Å². The van der Waals surface area contributed by atoms with Crippen LogP contribution in [0.2, 0.25) is 0 Å². The third kappa shape index (κ3) is 5.48. The van der Waals surface area contributed by atoms with Gasteiger partial charge in [-0.3, -0.25) is 0 Å². The zero-order valence-electron chi connectivity index (χ0n) is 19.9. The maximum atomic E-state index is 15.1. The summed E-state index contributed by atoms with van der Waals surface area (Å²) in [5.41, 5.74) is -0.0502. The molecule has 5 heteroatoms. The molecule has 0 amide bonds. The van der Waals surface area contributed by atoms with E-state index in [1.807, 2.05) is 0 Å². The summed E-state index contributed by atoms with van der Waals surface area (Å²) in [5, 5.41) is 0. The smallest absolute Gasteiger partial charge is 0.201 e. The molecule has 184 valence electrons. The molecule has 2 aliphatic carbocycles. The SMILES string of the molecule is C=CCOc1ccc(C#Cc2ccc(C3CCC4CC(/C=C/C)CCC4C3)c(F)c2F)c(F)c1F. The largest absolute Gasteiger partial charge is 0.486 e. The number of benzene rings is 2. The van der Waals surface area contributed by atoms with Crippen LogP contribution in [0, 0.1) is 52.9 Å². The van der Waals surface area contributed by atoms with Crippen molar-refractivity contribution in [3.63, 3.8) is 0 Å². The highest BCUT2D eigenvalue weighted by Gasteiger charge is 2.36. The molecule has 0 aliphatic heterocycles. The van der Waals surface area contributed by atoms with Crippen molar-refractivity contribution in [1.82, 2.24) is 0 Å². The van der Waals surface area contributed by atoms with Crippen LogP contribution in [0.1, 0.15) is 68.1 Å². The Morgan fingerprint density at radius 3 is 2.23 bits per heavy atom. The highest BCUT2D eigenvalue weighted by molar-refractivity contribution is 5.47. The van der Waals surface area contributed by atoms with E-state index in [1.165, 1.54) is 30.7 Å². The number of hydrogen-bond acceptors (Lipinski definition) is 1. The molecular weight excluding hydrogens is 452 g/mol. The maximum absolute atomic E-state index is 15.1. The number of allylic oxidation sites excluding steroid dienone is 2. The van der Waals surface area contributed by atoms with Crippen LogP contribution >= 0.6 is 0 Å². The summed E-state index contributed by atoms with van der Waals surface area (Å²) in [6, 6.07) is 5.53. The van der Waals surface area contributed by atoms with E-state index >= 15 is 4.39 Å². The van der Waals surface area contributed by atoms with Crippen LogP contribution in [-0.2, 0) is 0 Å². The van der Waals surface area contributed by atoms with Crippen molar-refractivity contribution < 1.29 is 22.3 Å². The van der Waals surface area contributed by atoms with Crippen LogP contribution in [0.5, 0.6) is 5.75 Å². The van der Waals surface area contributed by atoms with Gasteiger partial charge in [0.2, 0.25) is 5.82 Å². The summed E-state index contributed by atoms with van der Waals surface area (Å²) >= 11 is 0. The molecule has 2 saturated carbocycles. The normalized spacial score (nSPS) is 23.9. The van der Waals surface area contributed by atoms with Crippen molar-refractivity contribution in [3.05, 3.63) is 89.0 Å². The fraction of sp³-hybridized carbons (Fsp3) is 0.400. The van der Waals surface area contributed by atoms with Crippen LogP contribution in [0.25, 0.3) is 0 Å². The summed E-state index contributed by atoms with van der Waals surface area (Å²) in [7, 11) is 0. The molecule has 0 spiro atoms. The number of hydrogen-bond donors (Lipinski definition) is 0. The van der Waals surface area contributed by atoms with Crippen LogP contribution in [-0.4, -0.2) is 6.61 Å². The number of rotatable bonds is 5. The number of ether oxygens (including phenoxy) is 1. The lowest BCUT2D eigenvalue weighted by molar-refractivity contribution is 0.132. The van der Waals surface area contributed by atoms with E-state index in [9.17, 15) is 13.2 Å². The number of fused-ring (bicyclic) bond motifs is 1. The van der Waals surface area contributed by atoms with Gasteiger partial charge in [0.25, 0.3) is 0 Å². The van der Waals surface area contributed by atoms with Crippen LogP contribution < -0.4 is 4.74 Å². The topological polar surface area (TPSA) is 9.23 Å². The molecule has 4 atom stereocenters. The lowest BCUT2D eigenvalue weighted by atomic mass is 9.64. The first kappa shape index (κ1) is 25.1. The second kappa shape index (κ2) is 11.2. The average molecular weight is 483 g/mol. The fourth-order valence-electron chi connectivity index (χ4n) is 5.65. The first-order valence-corrected chi connectivity index (χ1v) is 12.3. The van der Waals surface area contributed by atoms with Crippen molar-refractivity contribution in [2.75, 3.05) is 6.61 Å². The molecule has 0 aromatic heterocycles. The van der Waals surface area contributed by atoms with Crippen LogP contribution in [0.4, 0.5) is 17.6 Å². The minimum atomic E-state index is -1.20. The third-order valence-electron chi connectivity index (χ3n) is 7.41. The van der Waals surface area contributed by atoms with Gasteiger partial charge in [0.1, 0.15) is 6.61 Å². The summed E-state index contributed by atoms with van der Waals surface area (Å²) in [5.74, 6) is 2.13. The summed E-state index contributed by atoms with van der Waals surface area (Å²) in [6.45, 7) is 5.53. The van der Waals surface area contributed by atoms with E-state index in [0.717, 1.165) is 32.1 Å². The van der Waals surface area contributed by atoms with E-state index in [4.69, 9.17) is 4.74 Å². The van der Waals surface area contributed by atoms with Crippen molar-refractivity contribution >= 4 is 0 Å². The van der Waals surface area contributed by atoms with Gasteiger partial charge in [0.05, 0.1) is 11.1 Å². The predicted octanol–water partition coefficient (Wildman–Crippen LogP) is 8.08. The van der Waals surface area contributed by atoms with Crippen LogP contribution in [0.15, 0.2) is 49.1 Å². The highest BCUT2D eigenvalue weighted by Crippen LogP contribution is 2.48. The van der Waals surface area contributed by atoms with Gasteiger partial charge < -0.3 is 4.74 Å².